The number of amides is 1. The van der Waals surface area contributed by atoms with Gasteiger partial charge >= 0.3 is 0 Å². The van der Waals surface area contributed by atoms with Crippen molar-refractivity contribution in [1.82, 2.24) is 15.5 Å². The molecule has 2 aromatic rings. The van der Waals surface area contributed by atoms with E-state index in [1.54, 1.807) is 14.2 Å². The molecule has 0 saturated carbocycles. The van der Waals surface area contributed by atoms with Gasteiger partial charge in [0, 0.05) is 32.2 Å². The van der Waals surface area contributed by atoms with E-state index >= 15 is 0 Å². The van der Waals surface area contributed by atoms with Crippen LogP contribution in [0.4, 0.5) is 0 Å². The van der Waals surface area contributed by atoms with Crippen LogP contribution in [0, 0.1) is 0 Å². The highest BCUT2D eigenvalue weighted by Gasteiger charge is 2.09. The van der Waals surface area contributed by atoms with Gasteiger partial charge in [-0.2, -0.15) is 0 Å². The van der Waals surface area contributed by atoms with E-state index in [1.165, 1.54) is 0 Å². The molecular weight excluding hydrogens is 491 g/mol. The Morgan fingerprint density at radius 2 is 1.68 bits per heavy atom. The quantitative estimate of drug-likeness (QED) is 0.337. The van der Waals surface area contributed by atoms with Gasteiger partial charge in [0.15, 0.2) is 5.96 Å². The smallest absolute Gasteiger partial charge is 0.239 e. The van der Waals surface area contributed by atoms with Crippen LogP contribution < -0.4 is 15.4 Å². The first kappa shape index (κ1) is 24.0. The van der Waals surface area contributed by atoms with Crippen molar-refractivity contribution in [2.45, 2.75) is 13.1 Å². The molecule has 0 spiro atoms. The minimum Gasteiger partial charge on any atom is -0.497 e. The maximum atomic E-state index is 12.1. The summed E-state index contributed by atoms with van der Waals surface area (Å²) in [5, 5.41) is 6.66. The van der Waals surface area contributed by atoms with E-state index in [-0.39, 0.29) is 36.4 Å². The SMILES string of the molecule is CN=C(NCC(=O)NCc1ccc(OC)cc1)N(C)Cc1ccc(Cl)cc1.I. The van der Waals surface area contributed by atoms with E-state index in [9.17, 15) is 4.79 Å². The number of ether oxygens (including phenoxy) is 1. The van der Waals surface area contributed by atoms with Crippen LogP contribution in [0.15, 0.2) is 53.5 Å². The Morgan fingerprint density at radius 3 is 2.25 bits per heavy atom. The Kier molecular flexibility index (Phi) is 10.7. The van der Waals surface area contributed by atoms with Crippen LogP contribution >= 0.6 is 35.6 Å². The molecule has 0 saturated heterocycles. The highest BCUT2D eigenvalue weighted by molar-refractivity contribution is 14.0. The lowest BCUT2D eigenvalue weighted by atomic mass is 10.2. The van der Waals surface area contributed by atoms with E-state index in [0.717, 1.165) is 16.9 Å². The fourth-order valence-corrected chi connectivity index (χ4v) is 2.62. The lowest BCUT2D eigenvalue weighted by Crippen LogP contribution is -2.43. The van der Waals surface area contributed by atoms with Crippen molar-refractivity contribution < 1.29 is 9.53 Å². The number of halogens is 2. The van der Waals surface area contributed by atoms with Crippen molar-refractivity contribution in [1.29, 1.82) is 0 Å². The average molecular weight is 517 g/mol. The van der Waals surface area contributed by atoms with Crippen molar-refractivity contribution in [2.75, 3.05) is 27.7 Å². The highest BCUT2D eigenvalue weighted by atomic mass is 127. The van der Waals surface area contributed by atoms with Crippen LogP contribution in [0.2, 0.25) is 5.02 Å². The predicted octanol–water partition coefficient (Wildman–Crippen LogP) is 3.29. The molecule has 2 rings (SSSR count). The zero-order valence-corrected chi connectivity index (χ0v) is 19.3. The summed E-state index contributed by atoms with van der Waals surface area (Å²) in [6, 6.07) is 15.2. The third kappa shape index (κ3) is 7.93. The standard InChI is InChI=1S/C20H25ClN4O2.HI/c1-22-20(25(2)14-16-4-8-17(21)9-5-16)24-13-19(26)23-12-15-6-10-18(27-3)11-7-15;/h4-11H,12-14H2,1-3H3,(H,22,24)(H,23,26);1H. The molecule has 0 fully saturated rings. The maximum absolute atomic E-state index is 12.1. The number of hydrogen-bond donors (Lipinski definition) is 2. The number of nitrogens with zero attached hydrogens (tertiary/aromatic N) is 2. The van der Waals surface area contributed by atoms with E-state index in [0.29, 0.717) is 24.1 Å². The normalized spacial score (nSPS) is 10.6. The molecule has 28 heavy (non-hydrogen) atoms. The average Bonchev–Trinajstić information content (AvgIpc) is 2.69. The molecule has 0 aliphatic rings. The Hall–Kier alpha value is -2.00. The molecule has 0 aromatic heterocycles. The third-order valence-electron chi connectivity index (χ3n) is 3.96. The zero-order valence-electron chi connectivity index (χ0n) is 16.2. The first-order chi connectivity index (χ1) is 13.0. The number of hydrogen-bond acceptors (Lipinski definition) is 3. The minimum absolute atomic E-state index is 0. The van der Waals surface area contributed by atoms with E-state index in [4.69, 9.17) is 16.3 Å². The Morgan fingerprint density at radius 1 is 1.07 bits per heavy atom. The highest BCUT2D eigenvalue weighted by Crippen LogP contribution is 2.11. The predicted molar refractivity (Wildman–Crippen MR) is 125 cm³/mol. The largest absolute Gasteiger partial charge is 0.497 e. The molecule has 6 nitrogen and oxygen atoms in total. The first-order valence-electron chi connectivity index (χ1n) is 8.57. The van der Waals surface area contributed by atoms with Gasteiger partial charge in [-0.25, -0.2) is 0 Å². The molecule has 0 aliphatic carbocycles. The molecule has 0 radical (unpaired) electrons. The van der Waals surface area contributed by atoms with Gasteiger partial charge in [-0.15, -0.1) is 24.0 Å². The Bertz CT molecular complexity index is 767. The molecule has 0 aliphatic heterocycles. The van der Waals surface area contributed by atoms with Crippen molar-refractivity contribution in [2.24, 2.45) is 4.99 Å². The van der Waals surface area contributed by atoms with Gasteiger partial charge in [-0.1, -0.05) is 35.9 Å². The zero-order chi connectivity index (χ0) is 19.6. The lowest BCUT2D eigenvalue weighted by molar-refractivity contribution is -0.120. The molecule has 2 N–H and O–H groups in total. The van der Waals surface area contributed by atoms with E-state index in [2.05, 4.69) is 15.6 Å². The summed E-state index contributed by atoms with van der Waals surface area (Å²) in [5.41, 5.74) is 2.11. The van der Waals surface area contributed by atoms with Gasteiger partial charge in [0.2, 0.25) is 5.91 Å². The second kappa shape index (κ2) is 12.5. The number of benzene rings is 2. The molecule has 0 atom stereocenters. The summed E-state index contributed by atoms with van der Waals surface area (Å²) in [4.78, 5) is 18.3. The number of nitrogens with one attached hydrogen (secondary N) is 2. The summed E-state index contributed by atoms with van der Waals surface area (Å²) >= 11 is 5.91. The first-order valence-corrected chi connectivity index (χ1v) is 8.95. The molecule has 152 valence electrons. The molecule has 0 heterocycles. The van der Waals surface area contributed by atoms with Crippen LogP contribution in [0.5, 0.6) is 5.75 Å². The molecule has 0 unspecified atom stereocenters. The van der Waals surface area contributed by atoms with E-state index in [1.807, 2.05) is 60.5 Å². The minimum atomic E-state index is -0.105. The van der Waals surface area contributed by atoms with Gasteiger partial charge in [0.25, 0.3) is 0 Å². The maximum Gasteiger partial charge on any atom is 0.239 e. The molecule has 0 bridgehead atoms. The van der Waals surface area contributed by atoms with Crippen molar-refractivity contribution in [3.63, 3.8) is 0 Å². The topological polar surface area (TPSA) is 66.0 Å². The van der Waals surface area contributed by atoms with Crippen LogP contribution in [0.3, 0.4) is 0 Å². The fraction of sp³-hybridized carbons (Fsp3) is 0.300. The van der Waals surface area contributed by atoms with Crippen molar-refractivity contribution >= 4 is 47.4 Å². The molecule has 1 amide bonds. The van der Waals surface area contributed by atoms with Crippen LogP contribution in [-0.2, 0) is 17.9 Å². The summed E-state index contributed by atoms with van der Waals surface area (Å²) in [6.45, 7) is 1.27. The number of carbonyl (C=O) groups is 1. The molecule has 8 heteroatoms. The van der Waals surface area contributed by atoms with Gasteiger partial charge in [-0.05, 0) is 35.4 Å². The van der Waals surface area contributed by atoms with Crippen molar-refractivity contribution in [3.8, 4) is 5.75 Å². The number of guanidine groups is 1. The van der Waals surface area contributed by atoms with Crippen LogP contribution in [0.25, 0.3) is 0 Å². The monoisotopic (exact) mass is 516 g/mol. The van der Waals surface area contributed by atoms with Crippen molar-refractivity contribution in [3.05, 3.63) is 64.7 Å². The number of methoxy groups -OCH3 is 1. The van der Waals surface area contributed by atoms with Crippen LogP contribution in [0.1, 0.15) is 11.1 Å². The van der Waals surface area contributed by atoms with Gasteiger partial charge in [-0.3, -0.25) is 9.79 Å². The second-order valence-corrected chi connectivity index (χ2v) is 6.44. The Labute approximate surface area is 188 Å². The summed E-state index contributed by atoms with van der Waals surface area (Å²) in [6.07, 6.45) is 0. The van der Waals surface area contributed by atoms with Gasteiger partial charge in [0.1, 0.15) is 5.75 Å². The van der Waals surface area contributed by atoms with E-state index < -0.39 is 0 Å². The van der Waals surface area contributed by atoms with Gasteiger partial charge in [0.05, 0.1) is 13.7 Å². The molecular formula is C20H26ClIN4O2. The summed E-state index contributed by atoms with van der Waals surface area (Å²) < 4.78 is 5.12. The summed E-state index contributed by atoms with van der Waals surface area (Å²) in [7, 11) is 5.23. The number of carbonyl (C=O) groups excluding carboxylic acids is 1. The third-order valence-corrected chi connectivity index (χ3v) is 4.21. The second-order valence-electron chi connectivity index (χ2n) is 6.01. The summed E-state index contributed by atoms with van der Waals surface area (Å²) in [5.74, 6) is 1.33. The number of aliphatic imine (C=N–C) groups is 1. The number of rotatable bonds is 7. The molecule has 2 aromatic carbocycles. The lowest BCUT2D eigenvalue weighted by Gasteiger charge is -2.22. The Balaban J connectivity index is 0.00000392. The fourth-order valence-electron chi connectivity index (χ4n) is 2.49. The van der Waals surface area contributed by atoms with Gasteiger partial charge < -0.3 is 20.3 Å². The van der Waals surface area contributed by atoms with Crippen LogP contribution in [-0.4, -0.2) is 44.5 Å².